The van der Waals surface area contributed by atoms with Crippen LogP contribution in [-0.4, -0.2) is 25.4 Å². The Morgan fingerprint density at radius 3 is 2.77 bits per heavy atom. The first-order valence-electron chi connectivity index (χ1n) is 6.76. The minimum Gasteiger partial charge on any atom is -0.505 e. The number of pyridine rings is 1. The second-order valence-corrected chi connectivity index (χ2v) is 4.94. The topological polar surface area (TPSA) is 82.4 Å². The number of rotatable bonds is 2. The van der Waals surface area contributed by atoms with E-state index in [9.17, 15) is 9.90 Å². The third-order valence-corrected chi connectivity index (χ3v) is 3.57. The Bertz CT molecular complexity index is 985. The number of para-hydroxylation sites is 2. The first kappa shape index (κ1) is 12.5. The van der Waals surface area contributed by atoms with E-state index in [0.29, 0.717) is 11.3 Å². The highest BCUT2D eigenvalue weighted by Gasteiger charge is 2.20. The molecule has 6 nitrogen and oxygen atoms in total. The Labute approximate surface area is 125 Å². The van der Waals surface area contributed by atoms with Gasteiger partial charge in [0, 0.05) is 18.1 Å². The number of nitrogens with one attached hydrogen (secondary N) is 2. The van der Waals surface area contributed by atoms with Crippen LogP contribution in [0.2, 0.25) is 0 Å². The van der Waals surface area contributed by atoms with Gasteiger partial charge in [0.1, 0.15) is 17.0 Å². The summed E-state index contributed by atoms with van der Waals surface area (Å²) < 4.78 is 1.77. The van der Waals surface area contributed by atoms with E-state index in [0.717, 1.165) is 11.0 Å². The number of aromatic hydroxyl groups is 1. The zero-order valence-electron chi connectivity index (χ0n) is 11.4. The molecule has 0 aliphatic rings. The highest BCUT2D eigenvalue weighted by molar-refractivity contribution is 6.11. The van der Waals surface area contributed by atoms with Gasteiger partial charge in [-0.3, -0.25) is 14.2 Å². The molecule has 0 fully saturated rings. The molecule has 4 rings (SSSR count). The maximum absolute atomic E-state index is 12.5. The number of aromatic nitrogens is 3. The number of amides is 1. The number of carbonyl (C=O) groups is 1. The van der Waals surface area contributed by atoms with Gasteiger partial charge in [-0.25, -0.2) is 0 Å². The highest BCUT2D eigenvalue weighted by Crippen LogP contribution is 2.28. The van der Waals surface area contributed by atoms with Crippen molar-refractivity contribution in [3.63, 3.8) is 0 Å². The summed E-state index contributed by atoms with van der Waals surface area (Å²) in [5, 5.41) is 12.9. The summed E-state index contributed by atoms with van der Waals surface area (Å²) in [5.74, 6) is -0.443. The molecule has 0 atom stereocenters. The van der Waals surface area contributed by atoms with Crippen molar-refractivity contribution in [2.75, 3.05) is 5.32 Å². The molecule has 0 spiro atoms. The SMILES string of the molecule is O=C(Nc1ccncc1)c1c(O)cn2c1[nH]c1ccccc12. The summed E-state index contributed by atoms with van der Waals surface area (Å²) in [6, 6.07) is 11.0. The lowest BCUT2D eigenvalue weighted by Gasteiger charge is -2.03. The Balaban J connectivity index is 1.83. The van der Waals surface area contributed by atoms with Gasteiger partial charge >= 0.3 is 0 Å². The van der Waals surface area contributed by atoms with Gasteiger partial charge in [-0.1, -0.05) is 12.1 Å². The molecular formula is C16H12N4O2. The van der Waals surface area contributed by atoms with E-state index in [1.54, 1.807) is 28.9 Å². The van der Waals surface area contributed by atoms with Crippen LogP contribution in [0, 0.1) is 0 Å². The number of nitrogens with zero attached hydrogens (tertiary/aromatic N) is 2. The lowest BCUT2D eigenvalue weighted by molar-refractivity contribution is 0.102. The smallest absolute Gasteiger partial charge is 0.263 e. The average Bonchev–Trinajstić information content (AvgIpc) is 3.02. The third kappa shape index (κ3) is 1.81. The van der Waals surface area contributed by atoms with Gasteiger partial charge < -0.3 is 15.4 Å². The zero-order chi connectivity index (χ0) is 15.1. The normalized spacial score (nSPS) is 11.1. The van der Waals surface area contributed by atoms with Crippen molar-refractivity contribution in [1.82, 2.24) is 14.4 Å². The van der Waals surface area contributed by atoms with Crippen LogP contribution >= 0.6 is 0 Å². The highest BCUT2D eigenvalue weighted by atomic mass is 16.3. The number of benzene rings is 1. The van der Waals surface area contributed by atoms with Gasteiger partial charge in [0.05, 0.1) is 17.2 Å². The Hall–Kier alpha value is -3.28. The molecule has 22 heavy (non-hydrogen) atoms. The average molecular weight is 292 g/mol. The van der Waals surface area contributed by atoms with Crippen LogP contribution in [0.1, 0.15) is 10.4 Å². The second kappa shape index (κ2) is 4.63. The molecule has 0 aliphatic carbocycles. The van der Waals surface area contributed by atoms with Crippen LogP contribution in [0.15, 0.2) is 55.0 Å². The summed E-state index contributed by atoms with van der Waals surface area (Å²) >= 11 is 0. The molecule has 0 radical (unpaired) electrons. The summed E-state index contributed by atoms with van der Waals surface area (Å²) in [6.07, 6.45) is 4.72. The molecule has 0 saturated carbocycles. The summed E-state index contributed by atoms with van der Waals surface area (Å²) in [4.78, 5) is 19.5. The minimum absolute atomic E-state index is 0.0661. The monoisotopic (exact) mass is 292 g/mol. The number of H-pyrrole nitrogens is 1. The van der Waals surface area contributed by atoms with Crippen LogP contribution in [0.4, 0.5) is 5.69 Å². The van der Waals surface area contributed by atoms with E-state index in [1.807, 2.05) is 24.3 Å². The number of hydrogen-bond donors (Lipinski definition) is 3. The largest absolute Gasteiger partial charge is 0.505 e. The molecule has 6 heteroatoms. The lowest BCUT2D eigenvalue weighted by Crippen LogP contribution is -2.11. The fraction of sp³-hybridized carbons (Fsp3) is 0. The predicted octanol–water partition coefficient (Wildman–Crippen LogP) is 2.77. The molecule has 4 aromatic rings. The van der Waals surface area contributed by atoms with Gasteiger partial charge in [0.15, 0.2) is 0 Å². The standard InChI is InChI=1S/C16H12N4O2/c21-13-9-20-12-4-2-1-3-11(12)19-15(20)14(13)16(22)18-10-5-7-17-8-6-10/h1-9,19,21H,(H,17,18,22). The van der Waals surface area contributed by atoms with E-state index < -0.39 is 0 Å². The van der Waals surface area contributed by atoms with Crippen LogP contribution in [0.5, 0.6) is 5.75 Å². The molecule has 108 valence electrons. The maximum atomic E-state index is 12.5. The molecule has 0 bridgehead atoms. The van der Waals surface area contributed by atoms with Crippen molar-refractivity contribution in [2.45, 2.75) is 0 Å². The lowest BCUT2D eigenvalue weighted by atomic mass is 10.2. The van der Waals surface area contributed by atoms with Gasteiger partial charge in [-0.05, 0) is 24.3 Å². The minimum atomic E-state index is -0.377. The van der Waals surface area contributed by atoms with Crippen molar-refractivity contribution in [2.24, 2.45) is 0 Å². The molecular weight excluding hydrogens is 280 g/mol. The number of anilines is 1. The molecule has 3 N–H and O–H groups in total. The van der Waals surface area contributed by atoms with Crippen molar-refractivity contribution in [3.05, 3.63) is 60.6 Å². The maximum Gasteiger partial charge on any atom is 0.263 e. The first-order valence-corrected chi connectivity index (χ1v) is 6.76. The number of hydrogen-bond acceptors (Lipinski definition) is 3. The number of fused-ring (bicyclic) bond motifs is 3. The molecule has 1 amide bonds. The number of imidazole rings is 1. The fourth-order valence-electron chi connectivity index (χ4n) is 2.58. The van der Waals surface area contributed by atoms with Gasteiger partial charge in [0.25, 0.3) is 5.91 Å². The van der Waals surface area contributed by atoms with Crippen molar-refractivity contribution in [1.29, 1.82) is 0 Å². The van der Waals surface area contributed by atoms with E-state index in [-0.39, 0.29) is 17.2 Å². The van der Waals surface area contributed by atoms with Crippen molar-refractivity contribution < 1.29 is 9.90 Å². The van der Waals surface area contributed by atoms with Crippen LogP contribution in [-0.2, 0) is 0 Å². The number of carbonyl (C=O) groups excluding carboxylic acids is 1. The third-order valence-electron chi connectivity index (χ3n) is 3.57. The Kier molecular flexibility index (Phi) is 2.62. The van der Waals surface area contributed by atoms with E-state index in [1.165, 1.54) is 6.20 Å². The Morgan fingerprint density at radius 1 is 1.18 bits per heavy atom. The van der Waals surface area contributed by atoms with Crippen molar-refractivity contribution >= 4 is 28.3 Å². The Morgan fingerprint density at radius 2 is 1.95 bits per heavy atom. The van der Waals surface area contributed by atoms with Crippen LogP contribution in [0.25, 0.3) is 16.7 Å². The number of aromatic amines is 1. The van der Waals surface area contributed by atoms with Gasteiger partial charge in [0.2, 0.25) is 0 Å². The van der Waals surface area contributed by atoms with E-state index in [2.05, 4.69) is 15.3 Å². The van der Waals surface area contributed by atoms with Crippen molar-refractivity contribution in [3.8, 4) is 5.75 Å². The van der Waals surface area contributed by atoms with E-state index in [4.69, 9.17) is 0 Å². The molecule has 0 unspecified atom stereocenters. The zero-order valence-corrected chi connectivity index (χ0v) is 11.4. The van der Waals surface area contributed by atoms with Gasteiger partial charge in [-0.2, -0.15) is 0 Å². The summed E-state index contributed by atoms with van der Waals surface area (Å²) in [5.41, 5.74) is 3.19. The van der Waals surface area contributed by atoms with E-state index >= 15 is 0 Å². The molecule has 3 aromatic heterocycles. The van der Waals surface area contributed by atoms with Gasteiger partial charge in [-0.15, -0.1) is 0 Å². The summed E-state index contributed by atoms with van der Waals surface area (Å²) in [6.45, 7) is 0. The van der Waals surface area contributed by atoms with Crippen LogP contribution < -0.4 is 5.32 Å². The quantitative estimate of drug-likeness (QED) is 0.531. The summed E-state index contributed by atoms with van der Waals surface area (Å²) in [7, 11) is 0. The molecule has 0 aliphatic heterocycles. The predicted molar refractivity (Wildman–Crippen MR) is 83.1 cm³/mol. The van der Waals surface area contributed by atoms with Crippen LogP contribution in [0.3, 0.4) is 0 Å². The second-order valence-electron chi connectivity index (χ2n) is 4.94. The molecule has 3 heterocycles. The molecule has 1 aromatic carbocycles. The first-order chi connectivity index (χ1) is 10.7. The fourth-order valence-corrected chi connectivity index (χ4v) is 2.58. The molecule has 0 saturated heterocycles.